The molecule has 9 heteroatoms. The number of halogens is 1. The van der Waals surface area contributed by atoms with E-state index in [2.05, 4.69) is 20.7 Å². The molecule has 4 rings (SSSR count). The summed E-state index contributed by atoms with van der Waals surface area (Å²) < 4.78 is 1.55. The summed E-state index contributed by atoms with van der Waals surface area (Å²) in [6, 6.07) is 5.23. The lowest BCUT2D eigenvalue weighted by atomic mass is 10.1. The van der Waals surface area contributed by atoms with Crippen LogP contribution in [0.5, 0.6) is 0 Å². The van der Waals surface area contributed by atoms with Gasteiger partial charge in [0.1, 0.15) is 12.7 Å². The SMILES string of the molecule is O=C(NC[C@H]1CC(=O)N(C2CC2)C1)Nc1cc(Cl)ccc1-n1cncn1. The molecule has 1 aromatic heterocycles. The molecule has 2 aromatic rings. The second kappa shape index (κ2) is 6.95. The maximum absolute atomic E-state index is 12.3. The van der Waals surface area contributed by atoms with Crippen molar-refractivity contribution in [1.29, 1.82) is 0 Å². The van der Waals surface area contributed by atoms with E-state index in [4.69, 9.17) is 11.6 Å². The van der Waals surface area contributed by atoms with E-state index in [1.54, 1.807) is 29.2 Å². The van der Waals surface area contributed by atoms with E-state index < -0.39 is 0 Å². The van der Waals surface area contributed by atoms with E-state index in [0.29, 0.717) is 35.4 Å². The van der Waals surface area contributed by atoms with Gasteiger partial charge < -0.3 is 15.5 Å². The lowest BCUT2D eigenvalue weighted by Gasteiger charge is -2.16. The van der Waals surface area contributed by atoms with Crippen LogP contribution in [0.15, 0.2) is 30.9 Å². The number of likely N-dealkylation sites (tertiary alicyclic amines) is 1. The van der Waals surface area contributed by atoms with Gasteiger partial charge in [0.15, 0.2) is 0 Å². The molecule has 1 saturated carbocycles. The normalized spacial score (nSPS) is 19.7. The molecule has 0 unspecified atom stereocenters. The minimum atomic E-state index is -0.342. The van der Waals surface area contributed by atoms with Crippen LogP contribution < -0.4 is 10.6 Å². The molecule has 1 aliphatic carbocycles. The van der Waals surface area contributed by atoms with E-state index in [0.717, 1.165) is 19.4 Å². The van der Waals surface area contributed by atoms with Crippen LogP contribution in [0.1, 0.15) is 19.3 Å². The van der Waals surface area contributed by atoms with Gasteiger partial charge >= 0.3 is 6.03 Å². The van der Waals surface area contributed by atoms with E-state index in [1.807, 2.05) is 4.90 Å². The van der Waals surface area contributed by atoms with Crippen molar-refractivity contribution in [2.75, 3.05) is 18.4 Å². The number of hydrogen-bond donors (Lipinski definition) is 2. The summed E-state index contributed by atoms with van der Waals surface area (Å²) in [5.74, 6) is 0.353. The fourth-order valence-electron chi connectivity index (χ4n) is 3.23. The zero-order chi connectivity index (χ0) is 18.1. The Bertz CT molecular complexity index is 821. The van der Waals surface area contributed by atoms with Gasteiger partial charge in [-0.1, -0.05) is 11.6 Å². The minimum Gasteiger partial charge on any atom is -0.339 e. The van der Waals surface area contributed by atoms with Crippen LogP contribution in [0, 0.1) is 5.92 Å². The molecule has 0 spiro atoms. The van der Waals surface area contributed by atoms with E-state index in [9.17, 15) is 9.59 Å². The van der Waals surface area contributed by atoms with Gasteiger partial charge in [-0.05, 0) is 31.0 Å². The first-order valence-corrected chi connectivity index (χ1v) is 8.97. The van der Waals surface area contributed by atoms with Crippen LogP contribution >= 0.6 is 11.6 Å². The number of benzene rings is 1. The van der Waals surface area contributed by atoms with Gasteiger partial charge in [0.25, 0.3) is 0 Å². The molecule has 0 bridgehead atoms. The Kier molecular flexibility index (Phi) is 4.50. The number of aromatic nitrogens is 3. The first-order chi connectivity index (χ1) is 12.6. The molecule has 2 fully saturated rings. The molecule has 1 aromatic carbocycles. The van der Waals surface area contributed by atoms with Crippen molar-refractivity contribution in [1.82, 2.24) is 25.0 Å². The van der Waals surface area contributed by atoms with E-state index >= 15 is 0 Å². The quantitative estimate of drug-likeness (QED) is 0.837. The van der Waals surface area contributed by atoms with Crippen molar-refractivity contribution < 1.29 is 9.59 Å². The van der Waals surface area contributed by atoms with Gasteiger partial charge in [-0.15, -0.1) is 0 Å². The fraction of sp³-hybridized carbons (Fsp3) is 0.412. The molecule has 2 N–H and O–H groups in total. The predicted octanol–water partition coefficient (Wildman–Crippen LogP) is 2.05. The van der Waals surface area contributed by atoms with Crippen molar-refractivity contribution in [3.8, 4) is 5.69 Å². The lowest BCUT2D eigenvalue weighted by molar-refractivity contribution is -0.128. The highest BCUT2D eigenvalue weighted by Crippen LogP contribution is 2.32. The summed E-state index contributed by atoms with van der Waals surface area (Å²) >= 11 is 6.05. The number of rotatable bonds is 5. The third kappa shape index (κ3) is 3.65. The Labute approximate surface area is 155 Å². The first kappa shape index (κ1) is 16.8. The fourth-order valence-corrected chi connectivity index (χ4v) is 3.40. The summed E-state index contributed by atoms with van der Waals surface area (Å²) in [6.45, 7) is 1.19. The molecule has 2 heterocycles. The van der Waals surface area contributed by atoms with Crippen molar-refractivity contribution >= 4 is 29.2 Å². The van der Waals surface area contributed by atoms with Gasteiger partial charge in [-0.25, -0.2) is 14.5 Å². The molecule has 1 atom stereocenters. The average molecular weight is 375 g/mol. The number of carbonyl (C=O) groups excluding carboxylic acids is 2. The zero-order valence-electron chi connectivity index (χ0n) is 14.1. The summed E-state index contributed by atoms with van der Waals surface area (Å²) in [7, 11) is 0. The minimum absolute atomic E-state index is 0.156. The van der Waals surface area contributed by atoms with E-state index in [1.165, 1.54) is 6.33 Å². The Morgan fingerprint density at radius 1 is 1.35 bits per heavy atom. The maximum atomic E-state index is 12.3. The Balaban J connectivity index is 1.36. The van der Waals surface area contributed by atoms with Gasteiger partial charge in [0.2, 0.25) is 5.91 Å². The Morgan fingerprint density at radius 2 is 2.19 bits per heavy atom. The third-order valence-electron chi connectivity index (χ3n) is 4.65. The predicted molar refractivity (Wildman–Crippen MR) is 96.2 cm³/mol. The molecule has 3 amide bonds. The van der Waals surface area contributed by atoms with Crippen LogP contribution in [0.2, 0.25) is 5.02 Å². The molecular weight excluding hydrogens is 356 g/mol. The van der Waals surface area contributed by atoms with Crippen molar-refractivity contribution in [2.45, 2.75) is 25.3 Å². The highest BCUT2D eigenvalue weighted by atomic mass is 35.5. The molecule has 136 valence electrons. The highest BCUT2D eigenvalue weighted by molar-refractivity contribution is 6.31. The largest absolute Gasteiger partial charge is 0.339 e. The molecule has 1 saturated heterocycles. The van der Waals surface area contributed by atoms with Crippen LogP contribution in [-0.2, 0) is 4.79 Å². The van der Waals surface area contributed by atoms with Gasteiger partial charge in [0, 0.05) is 36.5 Å². The molecule has 1 aliphatic heterocycles. The average Bonchev–Trinajstić information content (AvgIpc) is 3.16. The zero-order valence-corrected chi connectivity index (χ0v) is 14.8. The number of urea groups is 1. The lowest BCUT2D eigenvalue weighted by Crippen LogP contribution is -2.34. The van der Waals surface area contributed by atoms with E-state index in [-0.39, 0.29) is 17.9 Å². The summed E-state index contributed by atoms with van der Waals surface area (Å²) in [5.41, 5.74) is 1.20. The van der Waals surface area contributed by atoms with Crippen LogP contribution in [0.4, 0.5) is 10.5 Å². The molecule has 26 heavy (non-hydrogen) atoms. The second-order valence-corrected chi connectivity index (χ2v) is 7.12. The first-order valence-electron chi connectivity index (χ1n) is 8.59. The summed E-state index contributed by atoms with van der Waals surface area (Å²) in [4.78, 5) is 30.2. The Morgan fingerprint density at radius 3 is 2.92 bits per heavy atom. The smallest absolute Gasteiger partial charge is 0.319 e. The summed E-state index contributed by atoms with van der Waals surface area (Å²) in [6.07, 6.45) is 5.67. The van der Waals surface area contributed by atoms with Gasteiger partial charge in [0.05, 0.1) is 11.4 Å². The number of hydrogen-bond acceptors (Lipinski definition) is 4. The van der Waals surface area contributed by atoms with Gasteiger partial charge in [-0.2, -0.15) is 5.10 Å². The Hall–Kier alpha value is -2.61. The van der Waals surface area contributed by atoms with Crippen molar-refractivity contribution in [3.05, 3.63) is 35.9 Å². The molecule has 2 aliphatic rings. The second-order valence-electron chi connectivity index (χ2n) is 6.68. The number of amides is 3. The number of nitrogens with zero attached hydrogens (tertiary/aromatic N) is 4. The van der Waals surface area contributed by atoms with Crippen molar-refractivity contribution in [3.63, 3.8) is 0 Å². The molecular formula is C17H19ClN6O2. The van der Waals surface area contributed by atoms with Crippen LogP contribution in [0.3, 0.4) is 0 Å². The molecule has 8 nitrogen and oxygen atoms in total. The van der Waals surface area contributed by atoms with Crippen LogP contribution in [-0.4, -0.2) is 50.7 Å². The standard InChI is InChI=1S/C17H19ClN6O2/c18-12-1-4-15(24-10-19-9-21-24)14(6-12)22-17(26)20-7-11-5-16(25)23(8-11)13-2-3-13/h1,4,6,9-11,13H,2-3,5,7-8H2,(H2,20,22,26)/t11-/m1/s1. The number of carbonyl (C=O) groups is 2. The summed E-state index contributed by atoms with van der Waals surface area (Å²) in [5, 5.41) is 10.2. The number of anilines is 1. The highest BCUT2D eigenvalue weighted by Gasteiger charge is 2.39. The third-order valence-corrected chi connectivity index (χ3v) is 4.88. The maximum Gasteiger partial charge on any atom is 0.319 e. The topological polar surface area (TPSA) is 92.2 Å². The van der Waals surface area contributed by atoms with Crippen molar-refractivity contribution in [2.24, 2.45) is 5.92 Å². The molecule has 0 radical (unpaired) electrons. The van der Waals surface area contributed by atoms with Gasteiger partial charge in [-0.3, -0.25) is 4.79 Å². The van der Waals surface area contributed by atoms with Crippen LogP contribution in [0.25, 0.3) is 5.69 Å². The monoisotopic (exact) mass is 374 g/mol. The number of nitrogens with one attached hydrogen (secondary N) is 2.